The highest BCUT2D eigenvalue weighted by Crippen LogP contribution is 2.28. The first-order valence-corrected chi connectivity index (χ1v) is 6.65. The predicted octanol–water partition coefficient (Wildman–Crippen LogP) is 2.51. The monoisotopic (exact) mass is 285 g/mol. The van der Waals surface area contributed by atoms with Gasteiger partial charge in [0.15, 0.2) is 0 Å². The molecule has 0 aromatic carbocycles. The number of fused-ring (bicyclic) bond motifs is 1. The molecule has 0 fully saturated rings. The summed E-state index contributed by atoms with van der Waals surface area (Å²) in [5.74, 6) is 1.17. The molecule has 1 atom stereocenters. The summed E-state index contributed by atoms with van der Waals surface area (Å²) in [4.78, 5) is 4.64. The Morgan fingerprint density at radius 2 is 2.19 bits per heavy atom. The lowest BCUT2D eigenvalue weighted by Crippen LogP contribution is -2.33. The van der Waals surface area contributed by atoms with Gasteiger partial charge in [-0.1, -0.05) is 20.8 Å². The third-order valence-electron chi connectivity index (χ3n) is 2.96. The molecular formula is C12H20BrN3. The minimum absolute atomic E-state index is 0.267. The second-order valence-corrected chi connectivity index (χ2v) is 6.66. The summed E-state index contributed by atoms with van der Waals surface area (Å²) < 4.78 is 3.32. The summed E-state index contributed by atoms with van der Waals surface area (Å²) in [6.45, 7) is 7.64. The first-order chi connectivity index (χ1) is 7.37. The van der Waals surface area contributed by atoms with Gasteiger partial charge in [-0.3, -0.25) is 0 Å². The Labute approximate surface area is 106 Å². The second kappa shape index (κ2) is 4.15. The number of imidazole rings is 1. The molecule has 90 valence electrons. The molecule has 1 aromatic rings. The third-order valence-corrected chi connectivity index (χ3v) is 3.60. The van der Waals surface area contributed by atoms with E-state index in [2.05, 4.69) is 46.3 Å². The molecule has 0 bridgehead atoms. The Kier molecular flexibility index (Phi) is 3.14. The molecule has 2 N–H and O–H groups in total. The fourth-order valence-corrected chi connectivity index (χ4v) is 2.83. The van der Waals surface area contributed by atoms with Gasteiger partial charge in [0.1, 0.15) is 10.4 Å². The minimum atomic E-state index is 0.267. The quantitative estimate of drug-likeness (QED) is 0.862. The van der Waals surface area contributed by atoms with E-state index in [0.29, 0.717) is 0 Å². The molecule has 0 saturated carbocycles. The maximum absolute atomic E-state index is 6.03. The largest absolute Gasteiger partial charge is 0.329 e. The topological polar surface area (TPSA) is 43.8 Å². The smallest absolute Gasteiger partial charge is 0.127 e. The highest BCUT2D eigenvalue weighted by Gasteiger charge is 2.24. The molecule has 1 aliphatic rings. The molecule has 1 aromatic heterocycles. The molecule has 3 nitrogen and oxygen atoms in total. The van der Waals surface area contributed by atoms with Crippen LogP contribution in [0.15, 0.2) is 4.60 Å². The lowest BCUT2D eigenvalue weighted by molar-refractivity contribution is 0.375. The number of nitrogens with two attached hydrogens (primary N) is 1. The van der Waals surface area contributed by atoms with Crippen molar-refractivity contribution in [2.24, 2.45) is 11.1 Å². The van der Waals surface area contributed by atoms with E-state index < -0.39 is 0 Å². The number of halogens is 1. The van der Waals surface area contributed by atoms with E-state index in [0.717, 1.165) is 30.4 Å². The third kappa shape index (κ3) is 2.48. The number of hydrogen-bond acceptors (Lipinski definition) is 2. The van der Waals surface area contributed by atoms with Gasteiger partial charge in [0.2, 0.25) is 0 Å². The van der Waals surface area contributed by atoms with Crippen molar-refractivity contribution in [3.63, 3.8) is 0 Å². The average molecular weight is 286 g/mol. The van der Waals surface area contributed by atoms with Crippen LogP contribution in [0.25, 0.3) is 0 Å². The van der Waals surface area contributed by atoms with Crippen LogP contribution in [-0.2, 0) is 19.4 Å². The second-order valence-electron chi connectivity index (χ2n) is 5.91. The molecule has 2 rings (SSSR count). The van der Waals surface area contributed by atoms with Crippen LogP contribution < -0.4 is 5.73 Å². The Morgan fingerprint density at radius 3 is 2.81 bits per heavy atom. The fourth-order valence-electron chi connectivity index (χ4n) is 2.22. The highest BCUT2D eigenvalue weighted by atomic mass is 79.9. The summed E-state index contributed by atoms with van der Waals surface area (Å²) in [6, 6.07) is 0.285. The molecular weight excluding hydrogens is 266 g/mol. The van der Waals surface area contributed by atoms with Gasteiger partial charge in [-0.25, -0.2) is 4.98 Å². The fraction of sp³-hybridized carbons (Fsp3) is 0.750. The van der Waals surface area contributed by atoms with Crippen LogP contribution in [0, 0.1) is 5.41 Å². The molecule has 0 saturated heterocycles. The maximum atomic E-state index is 6.03. The van der Waals surface area contributed by atoms with Gasteiger partial charge in [0.25, 0.3) is 0 Å². The lowest BCUT2D eigenvalue weighted by atomic mass is 9.92. The highest BCUT2D eigenvalue weighted by molar-refractivity contribution is 9.10. The van der Waals surface area contributed by atoms with Crippen LogP contribution in [0.1, 0.15) is 38.7 Å². The Balaban J connectivity index is 2.33. The molecule has 1 unspecified atom stereocenters. The van der Waals surface area contributed by atoms with Crippen LogP contribution in [0.2, 0.25) is 0 Å². The van der Waals surface area contributed by atoms with Crippen LogP contribution >= 0.6 is 15.9 Å². The first kappa shape index (κ1) is 12.1. The Hall–Kier alpha value is -0.350. The van der Waals surface area contributed by atoms with E-state index in [1.165, 1.54) is 11.5 Å². The van der Waals surface area contributed by atoms with Crippen LogP contribution in [-0.4, -0.2) is 15.6 Å². The number of hydrogen-bond donors (Lipinski definition) is 1. The zero-order valence-corrected chi connectivity index (χ0v) is 11.8. The van der Waals surface area contributed by atoms with Gasteiger partial charge in [0, 0.05) is 19.0 Å². The lowest BCUT2D eigenvalue weighted by Gasteiger charge is -2.24. The SMILES string of the molecule is CC(C)(C)Cc1nc(Br)c2n1CC(N)CC2. The first-order valence-electron chi connectivity index (χ1n) is 5.86. The summed E-state index contributed by atoms with van der Waals surface area (Å²) in [5.41, 5.74) is 7.61. The molecule has 0 spiro atoms. The van der Waals surface area contributed by atoms with E-state index in [1.54, 1.807) is 0 Å². The van der Waals surface area contributed by atoms with Gasteiger partial charge < -0.3 is 10.3 Å². The van der Waals surface area contributed by atoms with E-state index in [9.17, 15) is 0 Å². The van der Waals surface area contributed by atoms with E-state index >= 15 is 0 Å². The normalized spacial score (nSPS) is 20.9. The predicted molar refractivity (Wildman–Crippen MR) is 69.4 cm³/mol. The number of nitrogens with zero attached hydrogens (tertiary/aromatic N) is 2. The number of rotatable bonds is 1. The molecule has 4 heteroatoms. The molecule has 1 aliphatic heterocycles. The van der Waals surface area contributed by atoms with Gasteiger partial charge >= 0.3 is 0 Å². The van der Waals surface area contributed by atoms with E-state index in [1.807, 2.05) is 0 Å². The van der Waals surface area contributed by atoms with Crippen molar-refractivity contribution in [3.05, 3.63) is 16.1 Å². The van der Waals surface area contributed by atoms with Crippen LogP contribution in [0.5, 0.6) is 0 Å². The van der Waals surface area contributed by atoms with Crippen molar-refractivity contribution in [2.75, 3.05) is 0 Å². The Bertz CT molecular complexity index is 390. The average Bonchev–Trinajstić information content (AvgIpc) is 2.40. The minimum Gasteiger partial charge on any atom is -0.329 e. The van der Waals surface area contributed by atoms with Crippen molar-refractivity contribution in [1.82, 2.24) is 9.55 Å². The van der Waals surface area contributed by atoms with Crippen molar-refractivity contribution in [1.29, 1.82) is 0 Å². The maximum Gasteiger partial charge on any atom is 0.127 e. The van der Waals surface area contributed by atoms with Crippen molar-refractivity contribution >= 4 is 15.9 Å². The molecule has 0 radical (unpaired) electrons. The van der Waals surface area contributed by atoms with Crippen molar-refractivity contribution < 1.29 is 0 Å². The standard InChI is InChI=1S/C12H20BrN3/c1-12(2,3)6-10-15-11(13)9-5-4-8(14)7-16(9)10/h8H,4-7,14H2,1-3H3. The van der Waals surface area contributed by atoms with Gasteiger partial charge in [-0.05, 0) is 34.2 Å². The summed E-state index contributed by atoms with van der Waals surface area (Å²) in [5, 5.41) is 0. The van der Waals surface area contributed by atoms with E-state index in [4.69, 9.17) is 5.73 Å². The van der Waals surface area contributed by atoms with E-state index in [-0.39, 0.29) is 11.5 Å². The summed E-state index contributed by atoms with van der Waals surface area (Å²) in [7, 11) is 0. The molecule has 0 amide bonds. The molecule has 2 heterocycles. The molecule has 16 heavy (non-hydrogen) atoms. The zero-order valence-electron chi connectivity index (χ0n) is 10.3. The van der Waals surface area contributed by atoms with Gasteiger partial charge in [-0.2, -0.15) is 0 Å². The summed E-state index contributed by atoms with van der Waals surface area (Å²) in [6.07, 6.45) is 3.11. The Morgan fingerprint density at radius 1 is 1.50 bits per heavy atom. The van der Waals surface area contributed by atoms with Gasteiger partial charge in [-0.15, -0.1) is 0 Å². The molecule has 0 aliphatic carbocycles. The zero-order chi connectivity index (χ0) is 11.9. The number of aromatic nitrogens is 2. The van der Waals surface area contributed by atoms with Gasteiger partial charge in [0.05, 0.1) is 5.69 Å². The van der Waals surface area contributed by atoms with Crippen molar-refractivity contribution in [2.45, 2.75) is 52.6 Å². The van der Waals surface area contributed by atoms with Crippen LogP contribution in [0.4, 0.5) is 0 Å². The summed E-state index contributed by atoms with van der Waals surface area (Å²) >= 11 is 3.56. The van der Waals surface area contributed by atoms with Crippen molar-refractivity contribution in [3.8, 4) is 0 Å². The van der Waals surface area contributed by atoms with Crippen LogP contribution in [0.3, 0.4) is 0 Å².